The van der Waals surface area contributed by atoms with Crippen LogP contribution in [-0.2, 0) is 6.54 Å². The number of amides is 1. The van der Waals surface area contributed by atoms with Gasteiger partial charge in [-0.15, -0.1) is 0 Å². The van der Waals surface area contributed by atoms with Crippen LogP contribution in [-0.4, -0.2) is 33.8 Å². The molecular formula is C24H22N4O3. The fourth-order valence-corrected chi connectivity index (χ4v) is 3.21. The minimum absolute atomic E-state index is 0.229. The van der Waals surface area contributed by atoms with E-state index in [0.717, 1.165) is 22.2 Å². The lowest BCUT2D eigenvalue weighted by Crippen LogP contribution is -2.32. The molecule has 0 spiro atoms. The van der Waals surface area contributed by atoms with Crippen molar-refractivity contribution in [2.24, 2.45) is 0 Å². The van der Waals surface area contributed by atoms with Crippen molar-refractivity contribution >= 4 is 16.8 Å². The van der Waals surface area contributed by atoms with E-state index in [1.807, 2.05) is 61.5 Å². The maximum atomic E-state index is 12.4. The summed E-state index contributed by atoms with van der Waals surface area (Å²) in [5.41, 5.74) is 2.41. The number of carbonyl (C=O) groups excluding carboxylic acids is 1. The highest BCUT2D eigenvalue weighted by Crippen LogP contribution is 2.19. The smallest absolute Gasteiger partial charge is 0.269 e. The molecule has 2 heterocycles. The van der Waals surface area contributed by atoms with Crippen LogP contribution in [0.25, 0.3) is 22.2 Å². The fourth-order valence-electron chi connectivity index (χ4n) is 3.21. The first-order valence-corrected chi connectivity index (χ1v) is 10.1. The number of hydrogen-bond donors (Lipinski definition) is 1. The van der Waals surface area contributed by atoms with Gasteiger partial charge in [-0.25, -0.2) is 9.67 Å². The largest absolute Gasteiger partial charge is 0.494 e. The molecule has 0 aliphatic carbocycles. The first-order chi connectivity index (χ1) is 15.1. The maximum Gasteiger partial charge on any atom is 0.269 e. The number of nitrogens with one attached hydrogen (secondary N) is 1. The number of nitrogens with zero attached hydrogens (tertiary/aromatic N) is 3. The Morgan fingerprint density at radius 2 is 1.81 bits per heavy atom. The minimum atomic E-state index is -0.290. The molecule has 0 saturated heterocycles. The standard InChI is InChI=1S/C24H22N4O3/c1-2-31-19-10-7-18(8-11-19)21-13-14-23(29)28(27-21)16-15-25-24(30)22-12-9-17-5-3-4-6-20(17)26-22/h3-14H,2,15-16H2,1H3,(H,25,30). The molecule has 7 nitrogen and oxygen atoms in total. The van der Waals surface area contributed by atoms with Crippen molar-refractivity contribution in [2.45, 2.75) is 13.5 Å². The molecule has 1 amide bonds. The Morgan fingerprint density at radius 3 is 2.61 bits per heavy atom. The van der Waals surface area contributed by atoms with Crippen molar-refractivity contribution in [1.29, 1.82) is 0 Å². The molecule has 0 aliphatic heterocycles. The average Bonchev–Trinajstić information content (AvgIpc) is 2.80. The average molecular weight is 414 g/mol. The number of fused-ring (bicyclic) bond motifs is 1. The zero-order valence-corrected chi connectivity index (χ0v) is 17.1. The molecule has 0 bridgehead atoms. The summed E-state index contributed by atoms with van der Waals surface area (Å²) in [4.78, 5) is 29.0. The van der Waals surface area contributed by atoms with E-state index in [-0.39, 0.29) is 24.6 Å². The first-order valence-electron chi connectivity index (χ1n) is 10.1. The third kappa shape index (κ3) is 4.78. The zero-order chi connectivity index (χ0) is 21.6. The normalized spacial score (nSPS) is 10.7. The summed E-state index contributed by atoms with van der Waals surface area (Å²) >= 11 is 0. The summed E-state index contributed by atoms with van der Waals surface area (Å²) in [7, 11) is 0. The fraction of sp³-hybridized carbons (Fsp3) is 0.167. The lowest BCUT2D eigenvalue weighted by atomic mass is 10.1. The summed E-state index contributed by atoms with van der Waals surface area (Å²) in [6, 6.07) is 21.9. The summed E-state index contributed by atoms with van der Waals surface area (Å²) in [6.07, 6.45) is 0. The molecule has 2 aromatic heterocycles. The molecule has 0 radical (unpaired) electrons. The zero-order valence-electron chi connectivity index (χ0n) is 17.1. The second-order valence-corrected chi connectivity index (χ2v) is 6.88. The molecule has 0 aliphatic rings. The van der Waals surface area contributed by atoms with E-state index in [2.05, 4.69) is 15.4 Å². The quantitative estimate of drug-likeness (QED) is 0.502. The highest BCUT2D eigenvalue weighted by molar-refractivity contribution is 5.94. The predicted octanol–water partition coefficient (Wildman–Crippen LogP) is 3.29. The van der Waals surface area contributed by atoms with Crippen molar-refractivity contribution in [3.63, 3.8) is 0 Å². The van der Waals surface area contributed by atoms with Gasteiger partial charge in [-0.05, 0) is 49.4 Å². The van der Waals surface area contributed by atoms with Crippen molar-refractivity contribution in [2.75, 3.05) is 13.2 Å². The van der Waals surface area contributed by atoms with Gasteiger partial charge < -0.3 is 10.1 Å². The van der Waals surface area contributed by atoms with E-state index in [4.69, 9.17) is 4.74 Å². The third-order valence-electron chi connectivity index (χ3n) is 4.77. The maximum absolute atomic E-state index is 12.4. The lowest BCUT2D eigenvalue weighted by Gasteiger charge is -2.09. The second-order valence-electron chi connectivity index (χ2n) is 6.88. The Balaban J connectivity index is 1.42. The van der Waals surface area contributed by atoms with Crippen LogP contribution in [0.2, 0.25) is 0 Å². The van der Waals surface area contributed by atoms with Crippen molar-refractivity contribution in [3.05, 3.63) is 88.8 Å². The predicted molar refractivity (Wildman–Crippen MR) is 119 cm³/mol. The first kappa shape index (κ1) is 20.3. The summed E-state index contributed by atoms with van der Waals surface area (Å²) in [6.45, 7) is 3.04. The molecule has 2 aromatic carbocycles. The van der Waals surface area contributed by atoms with Gasteiger partial charge >= 0.3 is 0 Å². The van der Waals surface area contributed by atoms with E-state index < -0.39 is 0 Å². The number of aromatic nitrogens is 3. The van der Waals surface area contributed by atoms with Gasteiger partial charge in [0.25, 0.3) is 11.5 Å². The number of carbonyl (C=O) groups is 1. The number of ether oxygens (including phenoxy) is 1. The Kier molecular flexibility index (Phi) is 6.03. The van der Waals surface area contributed by atoms with Gasteiger partial charge in [0.15, 0.2) is 0 Å². The molecule has 0 fully saturated rings. The summed E-state index contributed by atoms with van der Waals surface area (Å²) < 4.78 is 6.80. The summed E-state index contributed by atoms with van der Waals surface area (Å²) in [5, 5.41) is 8.20. The van der Waals surface area contributed by atoms with Crippen LogP contribution in [0.15, 0.2) is 77.6 Å². The molecule has 0 atom stereocenters. The van der Waals surface area contributed by atoms with Gasteiger partial charge in [-0.2, -0.15) is 5.10 Å². The van der Waals surface area contributed by atoms with Crippen LogP contribution in [0.5, 0.6) is 5.75 Å². The van der Waals surface area contributed by atoms with Crippen LogP contribution in [0.3, 0.4) is 0 Å². The highest BCUT2D eigenvalue weighted by Gasteiger charge is 2.09. The third-order valence-corrected chi connectivity index (χ3v) is 4.77. The minimum Gasteiger partial charge on any atom is -0.494 e. The SMILES string of the molecule is CCOc1ccc(-c2ccc(=O)n(CCNC(=O)c3ccc4ccccc4n3)n2)cc1. The number of pyridine rings is 1. The van der Waals surface area contributed by atoms with Crippen molar-refractivity contribution in [3.8, 4) is 17.0 Å². The number of benzene rings is 2. The molecule has 1 N–H and O–H groups in total. The molecule has 4 rings (SSSR count). The molecule has 31 heavy (non-hydrogen) atoms. The second kappa shape index (κ2) is 9.21. The Morgan fingerprint density at radius 1 is 1.00 bits per heavy atom. The Bertz CT molecular complexity index is 1270. The van der Waals surface area contributed by atoms with Crippen LogP contribution >= 0.6 is 0 Å². The van der Waals surface area contributed by atoms with Crippen LogP contribution < -0.4 is 15.6 Å². The van der Waals surface area contributed by atoms with Gasteiger partial charge in [0.2, 0.25) is 0 Å². The molecule has 0 saturated carbocycles. The molecular weight excluding hydrogens is 392 g/mol. The van der Waals surface area contributed by atoms with E-state index in [1.54, 1.807) is 12.1 Å². The van der Waals surface area contributed by atoms with Crippen LogP contribution in [0.1, 0.15) is 17.4 Å². The van der Waals surface area contributed by atoms with Gasteiger partial charge in [-0.1, -0.05) is 24.3 Å². The molecule has 156 valence electrons. The van der Waals surface area contributed by atoms with Crippen LogP contribution in [0.4, 0.5) is 0 Å². The molecule has 7 heteroatoms. The highest BCUT2D eigenvalue weighted by atomic mass is 16.5. The Labute approximate surface area is 179 Å². The van der Waals surface area contributed by atoms with Gasteiger partial charge in [0.05, 0.1) is 24.4 Å². The topological polar surface area (TPSA) is 86.1 Å². The van der Waals surface area contributed by atoms with E-state index >= 15 is 0 Å². The van der Waals surface area contributed by atoms with Crippen molar-refractivity contribution < 1.29 is 9.53 Å². The van der Waals surface area contributed by atoms with E-state index in [9.17, 15) is 9.59 Å². The molecule has 0 unspecified atom stereocenters. The van der Waals surface area contributed by atoms with E-state index in [0.29, 0.717) is 18.0 Å². The number of para-hydroxylation sites is 1. The lowest BCUT2D eigenvalue weighted by molar-refractivity contribution is 0.0947. The van der Waals surface area contributed by atoms with Gasteiger partial charge in [0, 0.05) is 23.6 Å². The van der Waals surface area contributed by atoms with Crippen molar-refractivity contribution in [1.82, 2.24) is 20.1 Å². The Hall–Kier alpha value is -4.00. The summed E-state index contributed by atoms with van der Waals surface area (Å²) in [5.74, 6) is 0.492. The monoisotopic (exact) mass is 414 g/mol. The van der Waals surface area contributed by atoms with E-state index in [1.165, 1.54) is 10.7 Å². The molecule has 4 aromatic rings. The number of hydrogen-bond acceptors (Lipinski definition) is 5. The van der Waals surface area contributed by atoms with Crippen LogP contribution in [0, 0.1) is 0 Å². The van der Waals surface area contributed by atoms with Gasteiger partial charge in [-0.3, -0.25) is 9.59 Å². The number of rotatable bonds is 7. The van der Waals surface area contributed by atoms with Gasteiger partial charge in [0.1, 0.15) is 11.4 Å².